The lowest BCUT2D eigenvalue weighted by atomic mass is 9.96. The van der Waals surface area contributed by atoms with E-state index in [1.807, 2.05) is 24.3 Å². The van der Waals surface area contributed by atoms with Crippen molar-refractivity contribution in [3.05, 3.63) is 47.0 Å². The van der Waals surface area contributed by atoms with Crippen LogP contribution in [0.1, 0.15) is 18.1 Å². The van der Waals surface area contributed by atoms with E-state index in [2.05, 4.69) is 0 Å². The summed E-state index contributed by atoms with van der Waals surface area (Å²) in [7, 11) is 0. The Labute approximate surface area is 110 Å². The number of halogens is 1. The standard InChI is InChI=1S/C14H15ClO3/c15-11-6-2-4-9-3-1-5-10(13(9)11)14(18)12(17)7-8-16/h1-6,12,14,16-18H,7-8H2. The Hall–Kier alpha value is -1.13. The Morgan fingerprint density at radius 2 is 1.72 bits per heavy atom. The fraction of sp³-hybridized carbons (Fsp3) is 0.286. The number of rotatable bonds is 4. The summed E-state index contributed by atoms with van der Waals surface area (Å²) in [6, 6.07) is 10.9. The summed E-state index contributed by atoms with van der Waals surface area (Å²) in [6.45, 7) is -0.170. The van der Waals surface area contributed by atoms with Crippen LogP contribution in [0, 0.1) is 0 Å². The number of aliphatic hydroxyl groups is 3. The van der Waals surface area contributed by atoms with Crippen molar-refractivity contribution in [2.45, 2.75) is 18.6 Å². The summed E-state index contributed by atoms with van der Waals surface area (Å²) >= 11 is 6.15. The van der Waals surface area contributed by atoms with E-state index in [9.17, 15) is 10.2 Å². The van der Waals surface area contributed by atoms with Crippen molar-refractivity contribution in [2.75, 3.05) is 6.61 Å². The predicted molar refractivity (Wildman–Crippen MR) is 71.6 cm³/mol. The van der Waals surface area contributed by atoms with Crippen molar-refractivity contribution in [1.29, 1.82) is 0 Å². The quantitative estimate of drug-likeness (QED) is 0.796. The van der Waals surface area contributed by atoms with Crippen LogP contribution in [-0.2, 0) is 0 Å². The second-order valence-corrected chi connectivity index (χ2v) is 4.62. The van der Waals surface area contributed by atoms with Gasteiger partial charge in [-0.3, -0.25) is 0 Å². The molecule has 3 nitrogen and oxygen atoms in total. The van der Waals surface area contributed by atoms with Gasteiger partial charge in [0.2, 0.25) is 0 Å². The minimum absolute atomic E-state index is 0.127. The molecule has 0 bridgehead atoms. The Bertz CT molecular complexity index is 536. The molecular weight excluding hydrogens is 252 g/mol. The highest BCUT2D eigenvalue weighted by Crippen LogP contribution is 2.32. The highest BCUT2D eigenvalue weighted by molar-refractivity contribution is 6.35. The van der Waals surface area contributed by atoms with Gasteiger partial charge in [0.1, 0.15) is 6.10 Å². The van der Waals surface area contributed by atoms with Crippen LogP contribution >= 0.6 is 11.6 Å². The van der Waals surface area contributed by atoms with E-state index in [4.69, 9.17) is 16.7 Å². The third-order valence-corrected chi connectivity index (χ3v) is 3.31. The van der Waals surface area contributed by atoms with Gasteiger partial charge in [0.05, 0.1) is 6.10 Å². The molecule has 0 aliphatic carbocycles. The second kappa shape index (κ2) is 5.67. The lowest BCUT2D eigenvalue weighted by molar-refractivity contribution is 0.00500. The molecule has 0 spiro atoms. The third kappa shape index (κ3) is 2.49. The van der Waals surface area contributed by atoms with Crippen LogP contribution in [-0.4, -0.2) is 28.0 Å². The molecule has 96 valence electrons. The molecule has 0 fully saturated rings. The molecule has 0 amide bonds. The molecule has 2 aromatic rings. The maximum atomic E-state index is 10.1. The van der Waals surface area contributed by atoms with Gasteiger partial charge in [-0.1, -0.05) is 41.9 Å². The largest absolute Gasteiger partial charge is 0.396 e. The average Bonchev–Trinajstić information content (AvgIpc) is 2.38. The Morgan fingerprint density at radius 3 is 2.39 bits per heavy atom. The lowest BCUT2D eigenvalue weighted by Gasteiger charge is -2.19. The molecule has 0 saturated carbocycles. The van der Waals surface area contributed by atoms with E-state index in [0.717, 1.165) is 10.8 Å². The molecule has 0 saturated heterocycles. The summed E-state index contributed by atoms with van der Waals surface area (Å²) in [5, 5.41) is 30.9. The van der Waals surface area contributed by atoms with Gasteiger partial charge in [-0.25, -0.2) is 0 Å². The third-order valence-electron chi connectivity index (χ3n) is 2.99. The predicted octanol–water partition coefficient (Wildman–Crippen LogP) is 2.27. The molecule has 4 heteroatoms. The molecule has 3 N–H and O–H groups in total. The topological polar surface area (TPSA) is 60.7 Å². The molecule has 0 aliphatic rings. The fourth-order valence-corrected chi connectivity index (χ4v) is 2.36. The van der Waals surface area contributed by atoms with E-state index < -0.39 is 12.2 Å². The van der Waals surface area contributed by atoms with Crippen LogP contribution in [0.15, 0.2) is 36.4 Å². The summed E-state index contributed by atoms with van der Waals surface area (Å²) in [5.74, 6) is 0. The van der Waals surface area contributed by atoms with Gasteiger partial charge in [-0.05, 0) is 23.4 Å². The highest BCUT2D eigenvalue weighted by Gasteiger charge is 2.20. The monoisotopic (exact) mass is 266 g/mol. The van der Waals surface area contributed by atoms with Gasteiger partial charge in [0.15, 0.2) is 0 Å². The van der Waals surface area contributed by atoms with Gasteiger partial charge in [-0.15, -0.1) is 0 Å². The maximum Gasteiger partial charge on any atom is 0.106 e. The summed E-state index contributed by atoms with van der Waals surface area (Å²) in [4.78, 5) is 0. The van der Waals surface area contributed by atoms with Crippen molar-refractivity contribution < 1.29 is 15.3 Å². The van der Waals surface area contributed by atoms with Crippen LogP contribution in [0.25, 0.3) is 10.8 Å². The number of fused-ring (bicyclic) bond motifs is 1. The first-order chi connectivity index (χ1) is 8.65. The highest BCUT2D eigenvalue weighted by atomic mass is 35.5. The molecule has 2 rings (SSSR count). The first-order valence-corrected chi connectivity index (χ1v) is 6.17. The van der Waals surface area contributed by atoms with Crippen molar-refractivity contribution in [2.24, 2.45) is 0 Å². The van der Waals surface area contributed by atoms with Crippen LogP contribution < -0.4 is 0 Å². The average molecular weight is 267 g/mol. The Balaban J connectivity index is 2.50. The number of benzene rings is 2. The Morgan fingerprint density at radius 1 is 1.06 bits per heavy atom. The lowest BCUT2D eigenvalue weighted by Crippen LogP contribution is -2.19. The van der Waals surface area contributed by atoms with Gasteiger partial charge < -0.3 is 15.3 Å². The van der Waals surface area contributed by atoms with Crippen molar-refractivity contribution in [3.63, 3.8) is 0 Å². The first kappa shape index (κ1) is 13.3. The van der Waals surface area contributed by atoms with E-state index >= 15 is 0 Å². The molecule has 0 aromatic heterocycles. The molecule has 18 heavy (non-hydrogen) atoms. The van der Waals surface area contributed by atoms with Crippen molar-refractivity contribution in [3.8, 4) is 0 Å². The van der Waals surface area contributed by atoms with Crippen LogP contribution in [0.2, 0.25) is 5.02 Å². The minimum Gasteiger partial charge on any atom is -0.396 e. The van der Waals surface area contributed by atoms with Crippen LogP contribution in [0.5, 0.6) is 0 Å². The van der Waals surface area contributed by atoms with Crippen LogP contribution in [0.3, 0.4) is 0 Å². The van der Waals surface area contributed by atoms with E-state index in [0.29, 0.717) is 10.6 Å². The zero-order valence-electron chi connectivity index (χ0n) is 9.75. The molecule has 0 aliphatic heterocycles. The number of hydrogen-bond donors (Lipinski definition) is 3. The number of aliphatic hydroxyl groups excluding tert-OH is 3. The smallest absolute Gasteiger partial charge is 0.106 e. The summed E-state index contributed by atoms with van der Waals surface area (Å²) in [5.41, 5.74) is 0.582. The summed E-state index contributed by atoms with van der Waals surface area (Å²) in [6.07, 6.45) is -1.93. The molecule has 2 aromatic carbocycles. The van der Waals surface area contributed by atoms with Gasteiger partial charge in [-0.2, -0.15) is 0 Å². The first-order valence-electron chi connectivity index (χ1n) is 5.79. The zero-order chi connectivity index (χ0) is 13.1. The normalized spacial score (nSPS) is 14.7. The molecular formula is C14H15ClO3. The fourth-order valence-electron chi connectivity index (χ4n) is 2.07. The maximum absolute atomic E-state index is 10.1. The number of hydrogen-bond acceptors (Lipinski definition) is 3. The van der Waals surface area contributed by atoms with Gasteiger partial charge >= 0.3 is 0 Å². The van der Waals surface area contributed by atoms with Gasteiger partial charge in [0, 0.05) is 17.0 Å². The second-order valence-electron chi connectivity index (χ2n) is 4.21. The van der Waals surface area contributed by atoms with E-state index in [1.165, 1.54) is 0 Å². The van der Waals surface area contributed by atoms with E-state index in [1.54, 1.807) is 12.1 Å². The molecule has 2 atom stereocenters. The zero-order valence-corrected chi connectivity index (χ0v) is 10.5. The van der Waals surface area contributed by atoms with Crippen LogP contribution in [0.4, 0.5) is 0 Å². The van der Waals surface area contributed by atoms with Gasteiger partial charge in [0.25, 0.3) is 0 Å². The summed E-state index contributed by atoms with van der Waals surface area (Å²) < 4.78 is 0. The van der Waals surface area contributed by atoms with E-state index in [-0.39, 0.29) is 13.0 Å². The van der Waals surface area contributed by atoms with Crippen molar-refractivity contribution >= 4 is 22.4 Å². The molecule has 0 radical (unpaired) electrons. The SMILES string of the molecule is OCCC(O)C(O)c1cccc2cccc(Cl)c12. The molecule has 2 unspecified atom stereocenters. The van der Waals surface area contributed by atoms with Crippen molar-refractivity contribution in [1.82, 2.24) is 0 Å². The Kier molecular flexibility index (Phi) is 4.19. The molecule has 0 heterocycles. The minimum atomic E-state index is -1.05.